The zero-order chi connectivity index (χ0) is 27.8. The van der Waals surface area contributed by atoms with E-state index in [1.54, 1.807) is 11.3 Å². The van der Waals surface area contributed by atoms with Crippen molar-refractivity contribution >= 4 is 39.7 Å². The third-order valence-corrected chi connectivity index (χ3v) is 9.54. The van der Waals surface area contributed by atoms with Crippen LogP contribution >= 0.6 is 11.3 Å². The SMILES string of the molecule is Cc1sc(C2CCNCC2)nc1-c1cc2cnc(Nc3ccc(N4CCNCC4)cc3)nc2n(C2CCOC2)c1=O. The number of benzene rings is 1. The van der Waals surface area contributed by atoms with Crippen molar-refractivity contribution in [2.24, 2.45) is 0 Å². The molecule has 1 unspecified atom stereocenters. The van der Waals surface area contributed by atoms with Crippen LogP contribution in [0.4, 0.5) is 17.3 Å². The lowest BCUT2D eigenvalue weighted by Crippen LogP contribution is -2.43. The lowest BCUT2D eigenvalue weighted by Gasteiger charge is -2.29. The van der Waals surface area contributed by atoms with Crippen LogP contribution in [0.3, 0.4) is 0 Å². The number of thiazole rings is 1. The van der Waals surface area contributed by atoms with Gasteiger partial charge >= 0.3 is 0 Å². The number of fused-ring (bicyclic) bond motifs is 1. The number of piperidine rings is 1. The van der Waals surface area contributed by atoms with Crippen molar-refractivity contribution in [1.29, 1.82) is 0 Å². The fourth-order valence-electron chi connectivity index (χ4n) is 6.13. The Morgan fingerprint density at radius 3 is 2.56 bits per heavy atom. The Bertz CT molecular complexity index is 1580. The van der Waals surface area contributed by atoms with Gasteiger partial charge in [0.15, 0.2) is 0 Å². The van der Waals surface area contributed by atoms with E-state index < -0.39 is 0 Å². The number of hydrogen-bond acceptors (Lipinski definition) is 10. The van der Waals surface area contributed by atoms with Crippen LogP contribution in [0.1, 0.15) is 41.1 Å². The summed E-state index contributed by atoms with van der Waals surface area (Å²) in [6, 6.07) is 10.2. The van der Waals surface area contributed by atoms with Crippen LogP contribution in [-0.4, -0.2) is 72.0 Å². The van der Waals surface area contributed by atoms with Gasteiger partial charge in [-0.1, -0.05) is 0 Å². The molecular weight excluding hydrogens is 536 g/mol. The number of anilines is 3. The second-order valence-electron chi connectivity index (χ2n) is 11.1. The number of hydrogen-bond donors (Lipinski definition) is 3. The normalized spacial score (nSPS) is 20.1. The minimum atomic E-state index is -0.0751. The molecule has 1 aromatic carbocycles. The number of aromatic nitrogens is 4. The molecule has 3 N–H and O–H groups in total. The first-order chi connectivity index (χ1) is 20.1. The highest BCUT2D eigenvalue weighted by Gasteiger charge is 2.27. The van der Waals surface area contributed by atoms with Gasteiger partial charge < -0.3 is 25.6 Å². The number of rotatable bonds is 6. The molecule has 3 fully saturated rings. The van der Waals surface area contributed by atoms with Crippen LogP contribution in [-0.2, 0) is 4.74 Å². The Balaban J connectivity index is 1.23. The fraction of sp³-hybridized carbons (Fsp3) is 0.467. The maximum atomic E-state index is 14.1. The minimum absolute atomic E-state index is 0.0664. The summed E-state index contributed by atoms with van der Waals surface area (Å²) in [6.45, 7) is 9.23. The summed E-state index contributed by atoms with van der Waals surface area (Å²) in [5.74, 6) is 0.910. The number of pyridine rings is 1. The Hall–Kier alpha value is -3.38. The van der Waals surface area contributed by atoms with Crippen molar-refractivity contribution in [2.75, 3.05) is 62.7 Å². The van der Waals surface area contributed by atoms with Gasteiger partial charge in [-0.25, -0.2) is 9.97 Å². The van der Waals surface area contributed by atoms with E-state index in [0.717, 1.165) is 85.2 Å². The monoisotopic (exact) mass is 572 g/mol. The first kappa shape index (κ1) is 26.5. The van der Waals surface area contributed by atoms with Gasteiger partial charge in [0.2, 0.25) is 5.95 Å². The lowest BCUT2D eigenvalue weighted by molar-refractivity contribution is 0.186. The highest BCUT2D eigenvalue weighted by atomic mass is 32.1. The fourth-order valence-corrected chi connectivity index (χ4v) is 7.24. The first-order valence-electron chi connectivity index (χ1n) is 14.7. The summed E-state index contributed by atoms with van der Waals surface area (Å²) >= 11 is 1.72. The Labute approximate surface area is 243 Å². The number of ether oxygens (including phenoxy) is 1. The summed E-state index contributed by atoms with van der Waals surface area (Å²) < 4.78 is 7.53. The van der Waals surface area contributed by atoms with Crippen LogP contribution in [0.15, 0.2) is 41.3 Å². The number of nitrogens with zero attached hydrogens (tertiary/aromatic N) is 5. The third kappa shape index (κ3) is 5.34. The molecule has 7 rings (SSSR count). The Kier molecular flexibility index (Phi) is 7.42. The van der Waals surface area contributed by atoms with Gasteiger partial charge in [0.25, 0.3) is 5.56 Å². The summed E-state index contributed by atoms with van der Waals surface area (Å²) in [7, 11) is 0. The van der Waals surface area contributed by atoms with Gasteiger partial charge in [-0.05, 0) is 69.6 Å². The molecule has 3 aliphatic rings. The molecule has 0 aliphatic carbocycles. The highest BCUT2D eigenvalue weighted by Crippen LogP contribution is 2.35. The second-order valence-corrected chi connectivity index (χ2v) is 12.3. The molecule has 4 aromatic rings. The highest BCUT2D eigenvalue weighted by molar-refractivity contribution is 7.12. The molecule has 3 aliphatic heterocycles. The minimum Gasteiger partial charge on any atom is -0.379 e. The predicted molar refractivity (Wildman–Crippen MR) is 164 cm³/mol. The van der Waals surface area contributed by atoms with E-state index in [1.807, 2.05) is 16.8 Å². The number of piperazine rings is 1. The van der Waals surface area contributed by atoms with E-state index in [-0.39, 0.29) is 11.6 Å². The van der Waals surface area contributed by atoms with Gasteiger partial charge in [0, 0.05) is 66.5 Å². The van der Waals surface area contributed by atoms with Crippen LogP contribution in [0.25, 0.3) is 22.3 Å². The van der Waals surface area contributed by atoms with Crippen molar-refractivity contribution in [2.45, 2.75) is 38.1 Å². The smallest absolute Gasteiger partial charge is 0.262 e. The molecule has 11 heteroatoms. The average Bonchev–Trinajstić information content (AvgIpc) is 3.68. The van der Waals surface area contributed by atoms with E-state index in [0.29, 0.717) is 36.3 Å². The summed E-state index contributed by atoms with van der Waals surface area (Å²) in [5.41, 5.74) is 4.07. The second kappa shape index (κ2) is 11.5. The predicted octanol–water partition coefficient (Wildman–Crippen LogP) is 3.81. The number of nitrogens with one attached hydrogen (secondary N) is 3. The van der Waals surface area contributed by atoms with Crippen LogP contribution < -0.4 is 26.4 Å². The summed E-state index contributed by atoms with van der Waals surface area (Å²) in [4.78, 5) is 32.1. The summed E-state index contributed by atoms with van der Waals surface area (Å²) in [6.07, 6.45) is 4.74. The molecule has 0 bridgehead atoms. The molecule has 0 spiro atoms. The summed E-state index contributed by atoms with van der Waals surface area (Å²) in [5, 5.41) is 12.1. The Morgan fingerprint density at radius 1 is 1.02 bits per heavy atom. The van der Waals surface area contributed by atoms with Gasteiger partial charge in [-0.2, -0.15) is 4.98 Å². The van der Waals surface area contributed by atoms with Crippen LogP contribution in [0.2, 0.25) is 0 Å². The zero-order valence-corrected chi connectivity index (χ0v) is 24.2. The van der Waals surface area contributed by atoms with Gasteiger partial charge in [0.05, 0.1) is 28.9 Å². The van der Waals surface area contributed by atoms with Crippen LogP contribution in [0.5, 0.6) is 0 Å². The van der Waals surface area contributed by atoms with Crippen molar-refractivity contribution in [3.8, 4) is 11.3 Å². The zero-order valence-electron chi connectivity index (χ0n) is 23.4. The van der Waals surface area contributed by atoms with E-state index in [9.17, 15) is 4.79 Å². The molecular formula is C30H36N8O2S. The van der Waals surface area contributed by atoms with Crippen LogP contribution in [0, 0.1) is 6.92 Å². The maximum Gasteiger partial charge on any atom is 0.262 e. The quantitative estimate of drug-likeness (QED) is 0.318. The first-order valence-corrected chi connectivity index (χ1v) is 15.5. The van der Waals surface area contributed by atoms with Gasteiger partial charge in [-0.15, -0.1) is 11.3 Å². The maximum absolute atomic E-state index is 14.1. The lowest BCUT2D eigenvalue weighted by atomic mass is 9.99. The third-order valence-electron chi connectivity index (χ3n) is 8.41. The standard InChI is InChI=1S/C30H36N8O2S/c1-19-26(35-28(41-19)20-6-9-31-10-7-20)25-16-21-17-33-30(36-27(21)38(29(25)39)24-8-15-40-18-24)34-22-2-4-23(5-3-22)37-13-11-32-12-14-37/h2-5,16-17,20,24,31-32H,6-15,18H2,1H3,(H,33,34,36). The van der Waals surface area contributed by atoms with Crippen molar-refractivity contribution in [1.82, 2.24) is 30.2 Å². The molecule has 0 amide bonds. The molecule has 214 valence electrons. The largest absolute Gasteiger partial charge is 0.379 e. The van der Waals surface area contributed by atoms with Crippen molar-refractivity contribution in [3.05, 3.63) is 56.8 Å². The topological polar surface area (TPSA) is 109 Å². The number of aryl methyl sites for hydroxylation is 1. The van der Waals surface area contributed by atoms with Crippen molar-refractivity contribution < 1.29 is 4.74 Å². The van der Waals surface area contributed by atoms with E-state index in [1.165, 1.54) is 5.69 Å². The molecule has 41 heavy (non-hydrogen) atoms. The molecule has 0 saturated carbocycles. The van der Waals surface area contributed by atoms with E-state index in [4.69, 9.17) is 14.7 Å². The molecule has 10 nitrogen and oxygen atoms in total. The molecule has 1 atom stereocenters. The molecule has 6 heterocycles. The van der Waals surface area contributed by atoms with E-state index >= 15 is 0 Å². The molecule has 3 aromatic heterocycles. The average molecular weight is 573 g/mol. The van der Waals surface area contributed by atoms with Crippen molar-refractivity contribution in [3.63, 3.8) is 0 Å². The molecule has 3 saturated heterocycles. The van der Waals surface area contributed by atoms with Gasteiger partial charge in [0.1, 0.15) is 5.65 Å². The van der Waals surface area contributed by atoms with E-state index in [2.05, 4.69) is 57.0 Å². The molecule has 0 radical (unpaired) electrons. The Morgan fingerprint density at radius 2 is 1.80 bits per heavy atom. The van der Waals surface area contributed by atoms with Gasteiger partial charge in [-0.3, -0.25) is 9.36 Å².